The van der Waals surface area contributed by atoms with Crippen molar-refractivity contribution in [2.45, 2.75) is 128 Å². The average Bonchev–Trinajstić information content (AvgIpc) is 3.70. The molecule has 12 heteroatoms. The van der Waals surface area contributed by atoms with Crippen LogP contribution in [0.4, 0.5) is 10.5 Å². The molecule has 1 aromatic rings. The molecule has 2 aliphatic carbocycles. The molecule has 12 nitrogen and oxygen atoms in total. The van der Waals surface area contributed by atoms with Gasteiger partial charge in [-0.2, -0.15) is 0 Å². The lowest BCUT2D eigenvalue weighted by molar-refractivity contribution is -0.145. The lowest BCUT2D eigenvalue weighted by Crippen LogP contribution is -2.59. The van der Waals surface area contributed by atoms with E-state index in [1.54, 1.807) is 12.1 Å². The number of amides is 5. The molecule has 0 unspecified atom stereocenters. The number of nitrogens with zero attached hydrogens (tertiary/aromatic N) is 2. The fourth-order valence-electron chi connectivity index (χ4n) is 7.19. The van der Waals surface area contributed by atoms with Gasteiger partial charge in [-0.3, -0.25) is 28.9 Å². The summed E-state index contributed by atoms with van der Waals surface area (Å²) >= 11 is 0. The van der Waals surface area contributed by atoms with Crippen LogP contribution in [-0.4, -0.2) is 83.3 Å². The molecule has 4 atom stereocenters. The predicted molar refractivity (Wildman–Crippen MR) is 179 cm³/mol. The van der Waals surface area contributed by atoms with Crippen molar-refractivity contribution in [2.75, 3.05) is 18.0 Å². The van der Waals surface area contributed by atoms with Crippen LogP contribution in [0.3, 0.4) is 0 Å². The van der Waals surface area contributed by atoms with Crippen molar-refractivity contribution in [1.29, 1.82) is 0 Å². The van der Waals surface area contributed by atoms with E-state index in [9.17, 15) is 28.8 Å². The zero-order valence-corrected chi connectivity index (χ0v) is 28.7. The van der Waals surface area contributed by atoms with E-state index in [0.717, 1.165) is 38.5 Å². The van der Waals surface area contributed by atoms with E-state index in [0.29, 0.717) is 18.5 Å². The lowest BCUT2D eigenvalue weighted by Gasteiger charge is -2.36. The van der Waals surface area contributed by atoms with Crippen molar-refractivity contribution in [1.82, 2.24) is 20.9 Å². The second-order valence-corrected chi connectivity index (χ2v) is 15.2. The van der Waals surface area contributed by atoms with Crippen LogP contribution >= 0.6 is 0 Å². The molecule has 1 spiro atoms. The van der Waals surface area contributed by atoms with Crippen molar-refractivity contribution in [3.05, 3.63) is 30.3 Å². The van der Waals surface area contributed by atoms with Gasteiger partial charge in [-0.1, -0.05) is 71.6 Å². The molecular formula is C36H51N5O7. The Morgan fingerprint density at radius 1 is 0.958 bits per heavy atom. The molecule has 5 rings (SSSR count). The topological polar surface area (TPSA) is 154 Å². The summed E-state index contributed by atoms with van der Waals surface area (Å²) in [6.45, 7) is 7.47. The van der Waals surface area contributed by atoms with E-state index in [1.165, 1.54) is 16.2 Å². The minimum Gasteiger partial charge on any atom is -0.439 e. The maximum Gasteiger partial charge on any atom is 0.415 e. The van der Waals surface area contributed by atoms with Crippen LogP contribution in [0.25, 0.3) is 0 Å². The number of ketones is 1. The van der Waals surface area contributed by atoms with Gasteiger partial charge in [0, 0.05) is 24.6 Å². The molecule has 2 saturated heterocycles. The third kappa shape index (κ3) is 8.36. The van der Waals surface area contributed by atoms with Crippen LogP contribution in [0.2, 0.25) is 0 Å². The first kappa shape index (κ1) is 35.3. The van der Waals surface area contributed by atoms with Gasteiger partial charge >= 0.3 is 6.09 Å². The van der Waals surface area contributed by atoms with Gasteiger partial charge in [0.1, 0.15) is 12.1 Å². The molecule has 2 heterocycles. The number of Topliss-reactive ketones (excluding diaryl/α,β-unsaturated/α-hetero) is 1. The van der Waals surface area contributed by atoms with Crippen LogP contribution < -0.4 is 20.9 Å². The molecule has 2 saturated carbocycles. The monoisotopic (exact) mass is 665 g/mol. The third-order valence-corrected chi connectivity index (χ3v) is 9.99. The van der Waals surface area contributed by atoms with E-state index in [2.05, 4.69) is 16.0 Å². The van der Waals surface area contributed by atoms with Gasteiger partial charge in [0.25, 0.3) is 5.91 Å². The van der Waals surface area contributed by atoms with E-state index in [-0.39, 0.29) is 43.8 Å². The molecule has 4 fully saturated rings. The maximum atomic E-state index is 14.5. The number of likely N-dealkylation sites (tertiary alicyclic amines) is 1. The number of para-hydroxylation sites is 1. The van der Waals surface area contributed by atoms with Crippen LogP contribution in [0.5, 0.6) is 0 Å². The first-order chi connectivity index (χ1) is 22.8. The predicted octanol–water partition coefficient (Wildman–Crippen LogP) is 3.62. The van der Waals surface area contributed by atoms with Gasteiger partial charge in [0.15, 0.2) is 5.60 Å². The van der Waals surface area contributed by atoms with E-state index in [1.807, 2.05) is 45.9 Å². The van der Waals surface area contributed by atoms with Gasteiger partial charge in [0.2, 0.25) is 23.5 Å². The number of carbonyl (C=O) groups is 6. The Kier molecular flexibility index (Phi) is 10.8. The van der Waals surface area contributed by atoms with Crippen molar-refractivity contribution in [2.24, 2.45) is 11.3 Å². The van der Waals surface area contributed by atoms with Crippen molar-refractivity contribution in [3.63, 3.8) is 0 Å². The number of anilines is 1. The Morgan fingerprint density at radius 3 is 2.27 bits per heavy atom. The standard InChI is InChI=1S/C36H51N5O7/c1-5-12-26(29(43)32(45)37-24-17-18-24)38-31(44)27-20-36(21-40(34(47)48-36)25-15-10-7-11-16-25)22-41(27)33(46)30(35(2,3)4)39-28(42)19-23-13-8-6-9-14-23/h7,10-11,15-16,23-24,26-27,30H,5-6,8-9,12-14,17-22H2,1-4H3,(H,37,45)(H,38,44)(H,39,42)/t26-,27-,30+,36-/m0/s1. The summed E-state index contributed by atoms with van der Waals surface area (Å²) in [4.78, 5) is 83.8. The molecular weight excluding hydrogens is 614 g/mol. The molecule has 48 heavy (non-hydrogen) atoms. The zero-order chi connectivity index (χ0) is 34.6. The number of ether oxygens (including phenoxy) is 1. The van der Waals surface area contributed by atoms with Gasteiger partial charge in [-0.05, 0) is 55.6 Å². The van der Waals surface area contributed by atoms with Gasteiger partial charge in [-0.25, -0.2) is 4.79 Å². The SMILES string of the molecule is CCC[C@H](NC(=O)[C@@H]1C[C@]2(CN(c3ccccc3)C(=O)O2)CN1C(=O)[C@@H](NC(=O)CC1CCCCC1)C(C)(C)C)C(=O)C(=O)NC1CC1. The number of hydrogen-bond acceptors (Lipinski definition) is 7. The summed E-state index contributed by atoms with van der Waals surface area (Å²) in [5.74, 6) is -2.47. The molecule has 0 bridgehead atoms. The number of rotatable bonds is 12. The molecule has 3 N–H and O–H groups in total. The van der Waals surface area contributed by atoms with Crippen LogP contribution in [0.1, 0.15) is 98.3 Å². The average molecular weight is 666 g/mol. The molecule has 2 aliphatic heterocycles. The van der Waals surface area contributed by atoms with Gasteiger partial charge < -0.3 is 25.6 Å². The molecule has 0 radical (unpaired) electrons. The Balaban J connectivity index is 1.40. The van der Waals surface area contributed by atoms with Crippen molar-refractivity contribution < 1.29 is 33.5 Å². The zero-order valence-electron chi connectivity index (χ0n) is 28.7. The lowest BCUT2D eigenvalue weighted by atomic mass is 9.84. The van der Waals surface area contributed by atoms with Crippen LogP contribution in [0, 0.1) is 11.3 Å². The summed E-state index contributed by atoms with van der Waals surface area (Å²) in [6.07, 6.45) is 7.48. The molecule has 5 amide bonds. The third-order valence-electron chi connectivity index (χ3n) is 9.99. The molecule has 0 aromatic heterocycles. The normalized spacial score (nSPS) is 24.2. The Morgan fingerprint density at radius 2 is 1.65 bits per heavy atom. The maximum absolute atomic E-state index is 14.5. The molecule has 4 aliphatic rings. The summed E-state index contributed by atoms with van der Waals surface area (Å²) in [5, 5.41) is 8.46. The second kappa shape index (κ2) is 14.7. The first-order valence-corrected chi connectivity index (χ1v) is 17.6. The highest BCUT2D eigenvalue weighted by Gasteiger charge is 2.58. The summed E-state index contributed by atoms with van der Waals surface area (Å²) in [5.41, 5.74) is -1.28. The Labute approximate surface area is 283 Å². The first-order valence-electron chi connectivity index (χ1n) is 17.6. The number of carbonyl (C=O) groups excluding carboxylic acids is 6. The number of hydrogen-bond donors (Lipinski definition) is 3. The van der Waals surface area contributed by atoms with Crippen LogP contribution in [0.15, 0.2) is 30.3 Å². The highest BCUT2D eigenvalue weighted by atomic mass is 16.6. The smallest absolute Gasteiger partial charge is 0.415 e. The highest BCUT2D eigenvalue weighted by molar-refractivity contribution is 6.38. The van der Waals surface area contributed by atoms with E-state index >= 15 is 0 Å². The van der Waals surface area contributed by atoms with E-state index in [4.69, 9.17) is 4.74 Å². The van der Waals surface area contributed by atoms with E-state index < -0.39 is 58.7 Å². The second-order valence-electron chi connectivity index (χ2n) is 15.2. The Hall–Kier alpha value is -3.96. The van der Waals surface area contributed by atoms with Gasteiger partial charge in [-0.15, -0.1) is 0 Å². The summed E-state index contributed by atoms with van der Waals surface area (Å²) in [7, 11) is 0. The fraction of sp³-hybridized carbons (Fsp3) is 0.667. The highest BCUT2D eigenvalue weighted by Crippen LogP contribution is 2.39. The minimum atomic E-state index is -1.20. The Bertz CT molecular complexity index is 1380. The number of nitrogens with one attached hydrogen (secondary N) is 3. The van der Waals surface area contributed by atoms with Crippen LogP contribution in [-0.2, 0) is 28.7 Å². The number of benzene rings is 1. The summed E-state index contributed by atoms with van der Waals surface area (Å²) in [6, 6.07) is 5.86. The minimum absolute atomic E-state index is 0.00611. The molecule has 262 valence electrons. The van der Waals surface area contributed by atoms with Gasteiger partial charge in [0.05, 0.1) is 19.1 Å². The summed E-state index contributed by atoms with van der Waals surface area (Å²) < 4.78 is 5.97. The quantitative estimate of drug-likeness (QED) is 0.288. The van der Waals surface area contributed by atoms with Crippen molar-refractivity contribution in [3.8, 4) is 0 Å². The van der Waals surface area contributed by atoms with Crippen molar-refractivity contribution >= 4 is 41.2 Å². The fourth-order valence-corrected chi connectivity index (χ4v) is 7.19. The molecule has 1 aromatic carbocycles. The largest absolute Gasteiger partial charge is 0.439 e.